The fourth-order valence-corrected chi connectivity index (χ4v) is 2.86. The van der Waals surface area contributed by atoms with Crippen molar-refractivity contribution in [3.05, 3.63) is 0 Å². The minimum atomic E-state index is 0.390. The molecule has 0 amide bonds. The molecule has 1 N–H and O–H groups in total. The number of rotatable bonds is 6. The molecule has 0 aliphatic carbocycles. The molecule has 2 saturated heterocycles. The zero-order chi connectivity index (χ0) is 13.5. The molecule has 112 valence electrons. The van der Waals surface area contributed by atoms with Crippen molar-refractivity contribution in [1.82, 2.24) is 20.0 Å². The first-order valence-electron chi connectivity index (χ1n) is 7.73. The lowest BCUT2D eigenvalue weighted by molar-refractivity contribution is -0.0395. The molecule has 0 radical (unpaired) electrons. The van der Waals surface area contributed by atoms with Gasteiger partial charge in [-0.05, 0) is 13.6 Å². The van der Waals surface area contributed by atoms with Gasteiger partial charge in [0.1, 0.15) is 0 Å². The third kappa shape index (κ3) is 5.36. The lowest BCUT2D eigenvalue weighted by Gasteiger charge is -2.35. The highest BCUT2D eigenvalue weighted by Gasteiger charge is 2.20. The summed E-state index contributed by atoms with van der Waals surface area (Å²) in [6.45, 7) is 14.5. The van der Waals surface area contributed by atoms with Gasteiger partial charge in [-0.15, -0.1) is 0 Å². The largest absolute Gasteiger partial charge is 0.374 e. The quantitative estimate of drug-likeness (QED) is 0.706. The Bertz CT molecular complexity index is 246. The monoisotopic (exact) mass is 270 g/mol. The Labute approximate surface area is 117 Å². The third-order valence-corrected chi connectivity index (χ3v) is 4.19. The fraction of sp³-hybridized carbons (Fsp3) is 1.00. The van der Waals surface area contributed by atoms with Gasteiger partial charge in [0, 0.05) is 58.9 Å². The van der Waals surface area contributed by atoms with Crippen LogP contribution in [-0.2, 0) is 4.74 Å². The molecule has 0 bridgehead atoms. The second-order valence-electron chi connectivity index (χ2n) is 5.74. The van der Waals surface area contributed by atoms with Crippen LogP contribution >= 0.6 is 0 Å². The van der Waals surface area contributed by atoms with Gasteiger partial charge in [-0.3, -0.25) is 9.80 Å². The van der Waals surface area contributed by atoms with Crippen molar-refractivity contribution in [2.45, 2.75) is 13.0 Å². The molecule has 1 unspecified atom stereocenters. The summed E-state index contributed by atoms with van der Waals surface area (Å²) < 4.78 is 5.87. The number of piperazine rings is 1. The molecule has 0 aromatic heterocycles. The maximum atomic E-state index is 5.87. The van der Waals surface area contributed by atoms with Gasteiger partial charge in [0.15, 0.2) is 0 Å². The van der Waals surface area contributed by atoms with Crippen LogP contribution in [0.3, 0.4) is 0 Å². The molecule has 2 aliphatic rings. The van der Waals surface area contributed by atoms with Crippen LogP contribution in [0.2, 0.25) is 0 Å². The van der Waals surface area contributed by atoms with Crippen molar-refractivity contribution in [2.75, 3.05) is 79.1 Å². The average Bonchev–Trinajstić information content (AvgIpc) is 2.46. The SMILES string of the molecule is CCN1CCOC(CN(C)CCN2CCNCC2)C1. The predicted molar refractivity (Wildman–Crippen MR) is 78.7 cm³/mol. The number of hydrogen-bond acceptors (Lipinski definition) is 5. The van der Waals surface area contributed by atoms with E-state index in [0.717, 1.165) is 52.4 Å². The number of nitrogens with zero attached hydrogens (tertiary/aromatic N) is 3. The predicted octanol–water partition coefficient (Wildman–Crippen LogP) is -0.456. The van der Waals surface area contributed by atoms with E-state index in [9.17, 15) is 0 Å². The van der Waals surface area contributed by atoms with Crippen LogP contribution in [0.25, 0.3) is 0 Å². The third-order valence-electron chi connectivity index (χ3n) is 4.19. The summed E-state index contributed by atoms with van der Waals surface area (Å²) in [4.78, 5) is 7.46. The van der Waals surface area contributed by atoms with Crippen molar-refractivity contribution in [1.29, 1.82) is 0 Å². The van der Waals surface area contributed by atoms with Crippen LogP contribution in [0.4, 0.5) is 0 Å². The van der Waals surface area contributed by atoms with Gasteiger partial charge in [-0.25, -0.2) is 0 Å². The summed E-state index contributed by atoms with van der Waals surface area (Å²) >= 11 is 0. The van der Waals surface area contributed by atoms with Gasteiger partial charge in [0.2, 0.25) is 0 Å². The summed E-state index contributed by atoms with van der Waals surface area (Å²) in [7, 11) is 2.22. The molecule has 0 spiro atoms. The number of nitrogens with one attached hydrogen (secondary N) is 1. The van der Waals surface area contributed by atoms with E-state index in [-0.39, 0.29) is 0 Å². The number of hydrogen-bond donors (Lipinski definition) is 1. The number of ether oxygens (including phenoxy) is 1. The smallest absolute Gasteiger partial charge is 0.0829 e. The van der Waals surface area contributed by atoms with E-state index >= 15 is 0 Å². The zero-order valence-electron chi connectivity index (χ0n) is 12.6. The summed E-state index contributed by atoms with van der Waals surface area (Å²) in [6.07, 6.45) is 0.390. The molecule has 2 aliphatic heterocycles. The molecule has 0 aromatic carbocycles. The fourth-order valence-electron chi connectivity index (χ4n) is 2.86. The summed E-state index contributed by atoms with van der Waals surface area (Å²) in [5, 5.41) is 3.40. The van der Waals surface area contributed by atoms with Crippen LogP contribution in [0.1, 0.15) is 6.92 Å². The van der Waals surface area contributed by atoms with Crippen molar-refractivity contribution in [3.63, 3.8) is 0 Å². The summed E-state index contributed by atoms with van der Waals surface area (Å²) in [5.41, 5.74) is 0. The van der Waals surface area contributed by atoms with Gasteiger partial charge in [-0.1, -0.05) is 6.92 Å². The molecule has 5 nitrogen and oxygen atoms in total. The second kappa shape index (κ2) is 8.17. The topological polar surface area (TPSA) is 31.0 Å². The van der Waals surface area contributed by atoms with E-state index in [2.05, 4.69) is 34.0 Å². The Morgan fingerprint density at radius 3 is 2.74 bits per heavy atom. The Kier molecular flexibility index (Phi) is 6.53. The molecule has 2 rings (SSSR count). The van der Waals surface area contributed by atoms with Crippen molar-refractivity contribution >= 4 is 0 Å². The minimum Gasteiger partial charge on any atom is -0.374 e. The minimum absolute atomic E-state index is 0.390. The second-order valence-corrected chi connectivity index (χ2v) is 5.74. The van der Waals surface area contributed by atoms with Crippen LogP contribution in [-0.4, -0.2) is 99.9 Å². The molecule has 2 fully saturated rings. The highest BCUT2D eigenvalue weighted by Crippen LogP contribution is 2.06. The Hall–Kier alpha value is -0.200. The van der Waals surface area contributed by atoms with E-state index < -0.39 is 0 Å². The molecule has 0 aromatic rings. The first-order valence-corrected chi connectivity index (χ1v) is 7.73. The summed E-state index contributed by atoms with van der Waals surface area (Å²) in [5.74, 6) is 0. The zero-order valence-corrected chi connectivity index (χ0v) is 12.6. The highest BCUT2D eigenvalue weighted by molar-refractivity contribution is 4.74. The highest BCUT2D eigenvalue weighted by atomic mass is 16.5. The van der Waals surface area contributed by atoms with Crippen LogP contribution < -0.4 is 5.32 Å². The van der Waals surface area contributed by atoms with E-state index in [0.29, 0.717) is 6.10 Å². The van der Waals surface area contributed by atoms with Crippen molar-refractivity contribution in [3.8, 4) is 0 Å². The van der Waals surface area contributed by atoms with Gasteiger partial charge in [-0.2, -0.15) is 0 Å². The maximum Gasteiger partial charge on any atom is 0.0829 e. The molecule has 2 heterocycles. The normalized spacial score (nSPS) is 27.0. The molecule has 5 heteroatoms. The van der Waals surface area contributed by atoms with E-state index in [4.69, 9.17) is 4.74 Å². The van der Waals surface area contributed by atoms with E-state index in [1.165, 1.54) is 19.6 Å². The van der Waals surface area contributed by atoms with E-state index in [1.807, 2.05) is 0 Å². The van der Waals surface area contributed by atoms with Crippen molar-refractivity contribution in [2.24, 2.45) is 0 Å². The van der Waals surface area contributed by atoms with Gasteiger partial charge < -0.3 is 15.0 Å². The van der Waals surface area contributed by atoms with Crippen molar-refractivity contribution < 1.29 is 4.74 Å². The summed E-state index contributed by atoms with van der Waals surface area (Å²) in [6, 6.07) is 0. The lowest BCUT2D eigenvalue weighted by atomic mass is 10.2. The number of likely N-dealkylation sites (N-methyl/N-ethyl adjacent to an activating group) is 2. The van der Waals surface area contributed by atoms with Gasteiger partial charge >= 0.3 is 0 Å². The standard InChI is InChI=1S/C14H30N4O/c1-3-17-10-11-19-14(13-17)12-16(2)8-9-18-6-4-15-5-7-18/h14-15H,3-13H2,1-2H3. The first-order chi connectivity index (χ1) is 9.28. The molecule has 1 atom stereocenters. The molecule has 19 heavy (non-hydrogen) atoms. The van der Waals surface area contributed by atoms with Crippen LogP contribution in [0.15, 0.2) is 0 Å². The first kappa shape index (κ1) is 15.2. The number of morpholine rings is 1. The maximum absolute atomic E-state index is 5.87. The average molecular weight is 270 g/mol. The molecular weight excluding hydrogens is 240 g/mol. The van der Waals surface area contributed by atoms with E-state index in [1.54, 1.807) is 0 Å². The van der Waals surface area contributed by atoms with Gasteiger partial charge in [0.25, 0.3) is 0 Å². The molecule has 0 saturated carbocycles. The molecular formula is C14H30N4O. The Balaban J connectivity index is 1.61. The lowest BCUT2D eigenvalue weighted by Crippen LogP contribution is -2.49. The van der Waals surface area contributed by atoms with Crippen LogP contribution in [0, 0.1) is 0 Å². The Morgan fingerprint density at radius 2 is 2.00 bits per heavy atom. The van der Waals surface area contributed by atoms with Gasteiger partial charge in [0.05, 0.1) is 12.7 Å². The van der Waals surface area contributed by atoms with Crippen LogP contribution in [0.5, 0.6) is 0 Å². The Morgan fingerprint density at radius 1 is 1.21 bits per heavy atom.